The van der Waals surface area contributed by atoms with Gasteiger partial charge in [-0.15, -0.1) is 0 Å². The van der Waals surface area contributed by atoms with Crippen molar-refractivity contribution >= 4 is 37.6 Å². The Morgan fingerprint density at radius 3 is 2.11 bits per heavy atom. The third kappa shape index (κ3) is 4.28. The monoisotopic (exact) mass is 450 g/mol. The quantitative estimate of drug-likeness (QED) is 0.671. The number of carbonyl (C=O) groups is 2. The Morgan fingerprint density at radius 2 is 1.56 bits per heavy atom. The van der Waals surface area contributed by atoms with E-state index in [1.165, 1.54) is 35.5 Å². The minimum absolute atomic E-state index is 0.112. The molecule has 6 nitrogen and oxygen atoms in total. The van der Waals surface area contributed by atoms with Crippen molar-refractivity contribution in [2.24, 2.45) is 0 Å². The van der Waals surface area contributed by atoms with Crippen molar-refractivity contribution in [1.82, 2.24) is 9.21 Å². The van der Waals surface area contributed by atoms with Crippen molar-refractivity contribution in [3.05, 3.63) is 64.1 Å². The van der Waals surface area contributed by atoms with Gasteiger partial charge >= 0.3 is 0 Å². The van der Waals surface area contributed by atoms with Gasteiger partial charge in [0.05, 0.1) is 4.90 Å². The number of hydrogen-bond acceptors (Lipinski definition) is 4. The number of amides is 1. The third-order valence-electron chi connectivity index (χ3n) is 4.50. The zero-order chi connectivity index (χ0) is 19.6. The predicted molar refractivity (Wildman–Crippen MR) is 105 cm³/mol. The summed E-state index contributed by atoms with van der Waals surface area (Å²) in [6.07, 6.45) is 0. The van der Waals surface area contributed by atoms with E-state index in [4.69, 9.17) is 0 Å². The lowest BCUT2D eigenvalue weighted by molar-refractivity contribution is 0.0697. The fourth-order valence-electron chi connectivity index (χ4n) is 2.95. The molecule has 0 atom stereocenters. The van der Waals surface area contributed by atoms with Crippen LogP contribution in [0.2, 0.25) is 0 Å². The summed E-state index contributed by atoms with van der Waals surface area (Å²) in [4.78, 5) is 25.7. The zero-order valence-corrected chi connectivity index (χ0v) is 17.2. The van der Waals surface area contributed by atoms with Crippen LogP contribution >= 0.6 is 15.9 Å². The highest BCUT2D eigenvalue weighted by Gasteiger charge is 2.30. The molecule has 0 aliphatic carbocycles. The van der Waals surface area contributed by atoms with Gasteiger partial charge in [0, 0.05) is 41.8 Å². The molecule has 1 aliphatic heterocycles. The third-order valence-corrected chi connectivity index (χ3v) is 6.90. The average molecular weight is 451 g/mol. The molecule has 0 spiro atoms. The molecule has 3 rings (SSSR count). The summed E-state index contributed by atoms with van der Waals surface area (Å²) < 4.78 is 27.8. The Kier molecular flexibility index (Phi) is 5.78. The molecule has 27 heavy (non-hydrogen) atoms. The van der Waals surface area contributed by atoms with Crippen LogP contribution in [0.4, 0.5) is 0 Å². The van der Waals surface area contributed by atoms with E-state index in [2.05, 4.69) is 15.9 Å². The van der Waals surface area contributed by atoms with Crippen LogP contribution in [0.3, 0.4) is 0 Å². The molecular formula is C19H19BrN2O4S. The van der Waals surface area contributed by atoms with E-state index in [-0.39, 0.29) is 29.7 Å². The number of carbonyl (C=O) groups excluding carboxylic acids is 2. The Hall–Kier alpha value is -2.03. The van der Waals surface area contributed by atoms with Gasteiger partial charge in [0.2, 0.25) is 10.0 Å². The SMILES string of the molecule is CC(=O)c1ccc(S(=O)(=O)N2CCN(C(=O)c3cccc(Br)c3)CC2)cc1. The first kappa shape index (κ1) is 19.7. The summed E-state index contributed by atoms with van der Waals surface area (Å²) in [5.41, 5.74) is 1.04. The zero-order valence-electron chi connectivity index (χ0n) is 14.8. The number of hydrogen-bond donors (Lipinski definition) is 0. The number of nitrogens with zero attached hydrogens (tertiary/aromatic N) is 2. The van der Waals surface area contributed by atoms with Gasteiger partial charge in [-0.3, -0.25) is 9.59 Å². The summed E-state index contributed by atoms with van der Waals surface area (Å²) in [5, 5.41) is 0. The topological polar surface area (TPSA) is 74.8 Å². The molecule has 2 aromatic carbocycles. The second-order valence-electron chi connectivity index (χ2n) is 6.29. The highest BCUT2D eigenvalue weighted by Crippen LogP contribution is 2.20. The Bertz CT molecular complexity index is 965. The van der Waals surface area contributed by atoms with Crippen molar-refractivity contribution in [1.29, 1.82) is 0 Å². The molecule has 0 aromatic heterocycles. The number of Topliss-reactive ketones (excluding diaryl/α,β-unsaturated/α-hetero) is 1. The molecule has 0 bridgehead atoms. The number of piperazine rings is 1. The van der Waals surface area contributed by atoms with Crippen molar-refractivity contribution in [3.8, 4) is 0 Å². The Balaban J connectivity index is 1.69. The lowest BCUT2D eigenvalue weighted by Gasteiger charge is -2.34. The minimum atomic E-state index is -3.65. The number of benzene rings is 2. The molecule has 142 valence electrons. The molecule has 1 amide bonds. The van der Waals surface area contributed by atoms with Gasteiger partial charge < -0.3 is 4.90 Å². The summed E-state index contributed by atoms with van der Waals surface area (Å²) in [5.74, 6) is -0.224. The van der Waals surface area contributed by atoms with Crippen molar-refractivity contribution in [2.75, 3.05) is 26.2 Å². The van der Waals surface area contributed by atoms with Crippen LogP contribution in [-0.4, -0.2) is 55.5 Å². The van der Waals surface area contributed by atoms with E-state index in [0.717, 1.165) is 4.47 Å². The van der Waals surface area contributed by atoms with Crippen molar-refractivity contribution in [2.45, 2.75) is 11.8 Å². The van der Waals surface area contributed by atoms with E-state index in [9.17, 15) is 18.0 Å². The fourth-order valence-corrected chi connectivity index (χ4v) is 4.77. The average Bonchev–Trinajstić information content (AvgIpc) is 2.67. The molecule has 1 heterocycles. The number of sulfonamides is 1. The van der Waals surface area contributed by atoms with Gasteiger partial charge in [0.1, 0.15) is 0 Å². The smallest absolute Gasteiger partial charge is 0.253 e. The van der Waals surface area contributed by atoms with E-state index in [1.54, 1.807) is 23.1 Å². The van der Waals surface area contributed by atoms with Crippen LogP contribution in [0.5, 0.6) is 0 Å². The second kappa shape index (κ2) is 7.92. The first-order valence-electron chi connectivity index (χ1n) is 8.45. The first-order chi connectivity index (χ1) is 12.8. The summed E-state index contributed by atoms with van der Waals surface area (Å²) in [7, 11) is -3.65. The fraction of sp³-hybridized carbons (Fsp3) is 0.263. The molecular weight excluding hydrogens is 432 g/mol. The van der Waals surface area contributed by atoms with Crippen LogP contribution in [0.15, 0.2) is 57.9 Å². The maximum absolute atomic E-state index is 12.8. The van der Waals surface area contributed by atoms with E-state index in [1.807, 2.05) is 6.07 Å². The van der Waals surface area contributed by atoms with Gasteiger partial charge in [-0.1, -0.05) is 34.1 Å². The summed E-state index contributed by atoms with van der Waals surface area (Å²) >= 11 is 3.35. The van der Waals surface area contributed by atoms with E-state index >= 15 is 0 Å². The standard InChI is InChI=1S/C19H19BrN2O4S/c1-14(23)15-5-7-18(8-6-15)27(25,26)22-11-9-21(10-12-22)19(24)16-3-2-4-17(20)13-16/h2-8,13H,9-12H2,1H3. The summed E-state index contributed by atoms with van der Waals surface area (Å²) in [6, 6.07) is 13.1. The normalized spacial score (nSPS) is 15.6. The molecule has 0 saturated carbocycles. The molecule has 2 aromatic rings. The van der Waals surface area contributed by atoms with Crippen LogP contribution in [0.25, 0.3) is 0 Å². The summed E-state index contributed by atoms with van der Waals surface area (Å²) in [6.45, 7) is 2.56. The highest BCUT2D eigenvalue weighted by atomic mass is 79.9. The molecule has 8 heteroatoms. The van der Waals surface area contributed by atoms with Crippen LogP contribution in [0, 0.1) is 0 Å². The molecule has 1 saturated heterocycles. The number of rotatable bonds is 4. The number of ketones is 1. The predicted octanol–water partition coefficient (Wildman–Crippen LogP) is 2.80. The number of halogens is 1. The van der Waals surface area contributed by atoms with Crippen molar-refractivity contribution in [3.63, 3.8) is 0 Å². The molecule has 1 fully saturated rings. The lowest BCUT2D eigenvalue weighted by Crippen LogP contribution is -2.50. The second-order valence-corrected chi connectivity index (χ2v) is 9.14. The molecule has 1 aliphatic rings. The van der Waals surface area contributed by atoms with Crippen LogP contribution in [-0.2, 0) is 10.0 Å². The van der Waals surface area contributed by atoms with Gasteiger partial charge in [-0.05, 0) is 37.3 Å². The lowest BCUT2D eigenvalue weighted by atomic mass is 10.2. The van der Waals surface area contributed by atoms with Gasteiger partial charge in [-0.2, -0.15) is 4.31 Å². The molecule has 0 unspecified atom stereocenters. The Morgan fingerprint density at radius 1 is 0.926 bits per heavy atom. The molecule has 0 N–H and O–H groups in total. The van der Waals surface area contributed by atoms with Gasteiger partial charge in [0.25, 0.3) is 5.91 Å². The van der Waals surface area contributed by atoms with Crippen molar-refractivity contribution < 1.29 is 18.0 Å². The molecule has 0 radical (unpaired) electrons. The van der Waals surface area contributed by atoms with Crippen LogP contribution < -0.4 is 0 Å². The maximum atomic E-state index is 12.8. The first-order valence-corrected chi connectivity index (χ1v) is 10.7. The van der Waals surface area contributed by atoms with Gasteiger partial charge in [0.15, 0.2) is 5.78 Å². The van der Waals surface area contributed by atoms with Crippen LogP contribution in [0.1, 0.15) is 27.6 Å². The minimum Gasteiger partial charge on any atom is -0.336 e. The highest BCUT2D eigenvalue weighted by molar-refractivity contribution is 9.10. The largest absolute Gasteiger partial charge is 0.336 e. The van der Waals surface area contributed by atoms with E-state index in [0.29, 0.717) is 24.2 Å². The van der Waals surface area contributed by atoms with E-state index < -0.39 is 10.0 Å². The maximum Gasteiger partial charge on any atom is 0.253 e. The van der Waals surface area contributed by atoms with Gasteiger partial charge in [-0.25, -0.2) is 8.42 Å². The Labute approximate surface area is 167 Å².